The molecule has 2 heterocycles. The van der Waals surface area contributed by atoms with E-state index in [1.807, 2.05) is 36.8 Å². The van der Waals surface area contributed by atoms with Crippen molar-refractivity contribution in [1.29, 1.82) is 0 Å². The normalized spacial score (nSPS) is 11.1. The van der Waals surface area contributed by atoms with E-state index in [4.69, 9.17) is 0 Å². The Balaban J connectivity index is 1.84. The Hall–Kier alpha value is -1.45. The molecule has 0 aliphatic heterocycles. The van der Waals surface area contributed by atoms with E-state index < -0.39 is 0 Å². The lowest BCUT2D eigenvalue weighted by Crippen LogP contribution is -2.29. The molecule has 0 saturated heterocycles. The number of anilines is 1. The van der Waals surface area contributed by atoms with Crippen LogP contribution in [0.3, 0.4) is 0 Å². The summed E-state index contributed by atoms with van der Waals surface area (Å²) in [5.74, 6) is 0.851. The van der Waals surface area contributed by atoms with E-state index in [2.05, 4.69) is 27.5 Å². The summed E-state index contributed by atoms with van der Waals surface area (Å²) in [6.45, 7) is 5.05. The van der Waals surface area contributed by atoms with Crippen LogP contribution >= 0.6 is 23.1 Å². The topological polar surface area (TPSA) is 75.9 Å². The van der Waals surface area contributed by atoms with Gasteiger partial charge in [-0.25, -0.2) is 0 Å². The molecule has 0 bridgehead atoms. The Bertz CT molecular complexity index is 638. The molecule has 22 heavy (non-hydrogen) atoms. The van der Waals surface area contributed by atoms with Crippen molar-refractivity contribution in [2.45, 2.75) is 24.7 Å². The van der Waals surface area contributed by atoms with Crippen LogP contribution in [-0.4, -0.2) is 50.1 Å². The number of aromatic nitrogens is 4. The molecule has 0 unspecified atom stereocenters. The summed E-state index contributed by atoms with van der Waals surface area (Å²) in [5, 5.41) is 15.5. The molecule has 2 aromatic heterocycles. The van der Waals surface area contributed by atoms with Crippen LogP contribution in [0.4, 0.5) is 5.13 Å². The molecule has 0 aliphatic rings. The predicted octanol–water partition coefficient (Wildman–Crippen LogP) is 1.76. The molecule has 0 saturated carbocycles. The fourth-order valence-electron chi connectivity index (χ4n) is 1.89. The van der Waals surface area contributed by atoms with Gasteiger partial charge in [0.05, 0.1) is 12.7 Å². The molecular formula is C13H20N6OS2. The van der Waals surface area contributed by atoms with Crippen LogP contribution in [0.25, 0.3) is 0 Å². The fourth-order valence-corrected chi connectivity index (χ4v) is 3.56. The number of hydrogen-bond acceptors (Lipinski definition) is 7. The second-order valence-electron chi connectivity index (χ2n) is 4.91. The van der Waals surface area contributed by atoms with Crippen molar-refractivity contribution in [3.63, 3.8) is 0 Å². The van der Waals surface area contributed by atoms with E-state index >= 15 is 0 Å². The van der Waals surface area contributed by atoms with Gasteiger partial charge in [-0.2, -0.15) is 5.10 Å². The van der Waals surface area contributed by atoms with Crippen molar-refractivity contribution < 1.29 is 4.79 Å². The van der Waals surface area contributed by atoms with Crippen LogP contribution in [0.2, 0.25) is 0 Å². The minimum absolute atomic E-state index is 0.0896. The Morgan fingerprint density at radius 2 is 2.27 bits per heavy atom. The number of carbonyl (C=O) groups is 1. The zero-order chi connectivity index (χ0) is 16.1. The molecule has 0 atom stereocenters. The second-order valence-corrected chi connectivity index (χ2v) is 7.39. The fraction of sp³-hybridized carbons (Fsp3) is 0.538. The number of nitrogens with zero attached hydrogens (tertiary/aromatic N) is 5. The van der Waals surface area contributed by atoms with E-state index in [9.17, 15) is 4.79 Å². The molecule has 1 N–H and O–H groups in total. The maximum atomic E-state index is 12.0. The van der Waals surface area contributed by atoms with Crippen LogP contribution in [0.1, 0.15) is 18.2 Å². The lowest BCUT2D eigenvalue weighted by Gasteiger charge is -2.15. The molecule has 7 nitrogen and oxygen atoms in total. The maximum Gasteiger partial charge on any atom is 0.240 e. The Morgan fingerprint density at radius 1 is 1.50 bits per heavy atom. The first-order valence-electron chi connectivity index (χ1n) is 6.91. The van der Waals surface area contributed by atoms with Gasteiger partial charge in [0.2, 0.25) is 11.0 Å². The van der Waals surface area contributed by atoms with Gasteiger partial charge in [-0.3, -0.25) is 19.7 Å². The summed E-state index contributed by atoms with van der Waals surface area (Å²) >= 11 is 3.02. The molecule has 1 amide bonds. The second kappa shape index (κ2) is 7.70. The first kappa shape index (κ1) is 16.9. The highest BCUT2D eigenvalue weighted by atomic mass is 32.2. The number of carbonyl (C=O) groups excluding carboxylic acids is 1. The molecule has 0 radical (unpaired) electrons. The van der Waals surface area contributed by atoms with E-state index in [1.165, 1.54) is 11.3 Å². The monoisotopic (exact) mass is 340 g/mol. The smallest absolute Gasteiger partial charge is 0.240 e. The molecular weight excluding hydrogens is 320 g/mol. The third-order valence-corrected chi connectivity index (χ3v) is 4.97. The predicted molar refractivity (Wildman–Crippen MR) is 89.2 cm³/mol. The minimum atomic E-state index is -0.0896. The van der Waals surface area contributed by atoms with Crippen LogP contribution in [-0.2, 0) is 18.4 Å². The minimum Gasteiger partial charge on any atom is -0.299 e. The zero-order valence-electron chi connectivity index (χ0n) is 13.2. The highest BCUT2D eigenvalue weighted by Crippen LogP contribution is 2.24. The summed E-state index contributed by atoms with van der Waals surface area (Å²) in [5.41, 5.74) is 2.23. The number of hydrogen-bond donors (Lipinski definition) is 1. The zero-order valence-corrected chi connectivity index (χ0v) is 14.8. The highest BCUT2D eigenvalue weighted by Gasteiger charge is 2.12. The summed E-state index contributed by atoms with van der Waals surface area (Å²) in [6.07, 6.45) is 1.84. The summed E-state index contributed by atoms with van der Waals surface area (Å²) in [6, 6.07) is 0. The first-order valence-corrected chi connectivity index (χ1v) is 8.72. The number of thioether (sulfide) groups is 1. The highest BCUT2D eigenvalue weighted by molar-refractivity contribution is 8.01. The van der Waals surface area contributed by atoms with Gasteiger partial charge >= 0.3 is 0 Å². The molecule has 0 spiro atoms. The molecule has 0 aliphatic carbocycles. The van der Waals surface area contributed by atoms with E-state index in [1.54, 1.807) is 11.8 Å². The molecule has 120 valence electrons. The van der Waals surface area contributed by atoms with Gasteiger partial charge < -0.3 is 0 Å². The average molecular weight is 340 g/mol. The van der Waals surface area contributed by atoms with Crippen LogP contribution < -0.4 is 5.32 Å². The number of aryl methyl sites for hydroxylation is 1. The van der Waals surface area contributed by atoms with Crippen molar-refractivity contribution in [3.8, 4) is 0 Å². The van der Waals surface area contributed by atoms with Crippen molar-refractivity contribution in [1.82, 2.24) is 24.9 Å². The third-order valence-electron chi connectivity index (χ3n) is 3.11. The third kappa shape index (κ3) is 4.52. The van der Waals surface area contributed by atoms with Crippen molar-refractivity contribution in [3.05, 3.63) is 17.5 Å². The standard InChI is InChI=1S/C13H20N6OS2/c1-5-21-13-17-16-12(22-13)15-11(20)8-18(3)7-10-6-14-19(4)9(10)2/h6H,5,7-8H2,1-4H3,(H,15,16,20). The van der Waals surface area contributed by atoms with E-state index in [0.717, 1.165) is 21.3 Å². The van der Waals surface area contributed by atoms with E-state index in [0.29, 0.717) is 18.2 Å². The largest absolute Gasteiger partial charge is 0.299 e. The lowest BCUT2D eigenvalue weighted by molar-refractivity contribution is -0.117. The SMILES string of the molecule is CCSc1nnc(NC(=O)CN(C)Cc2cnn(C)c2C)s1. The first-order chi connectivity index (χ1) is 10.5. The Labute approximate surface area is 138 Å². The maximum absolute atomic E-state index is 12.0. The van der Waals surface area contributed by atoms with Gasteiger partial charge in [-0.05, 0) is 19.7 Å². The summed E-state index contributed by atoms with van der Waals surface area (Å²) in [7, 11) is 3.82. The Morgan fingerprint density at radius 3 is 2.91 bits per heavy atom. The Kier molecular flexibility index (Phi) is 5.92. The van der Waals surface area contributed by atoms with Gasteiger partial charge in [0.1, 0.15) is 0 Å². The summed E-state index contributed by atoms with van der Waals surface area (Å²) in [4.78, 5) is 14.0. The molecule has 9 heteroatoms. The number of nitrogens with one attached hydrogen (secondary N) is 1. The summed E-state index contributed by atoms with van der Waals surface area (Å²) < 4.78 is 2.70. The van der Waals surface area contributed by atoms with Crippen molar-refractivity contribution in [2.24, 2.45) is 7.05 Å². The number of likely N-dealkylation sites (N-methyl/N-ethyl adjacent to an activating group) is 1. The molecule has 2 aromatic rings. The lowest BCUT2D eigenvalue weighted by atomic mass is 10.2. The van der Waals surface area contributed by atoms with Gasteiger partial charge in [0.25, 0.3) is 0 Å². The number of rotatable bonds is 7. The van der Waals surface area contributed by atoms with Crippen LogP contribution in [0.15, 0.2) is 10.5 Å². The van der Waals surface area contributed by atoms with Crippen molar-refractivity contribution in [2.75, 3.05) is 24.7 Å². The average Bonchev–Trinajstić information content (AvgIpc) is 3.01. The van der Waals surface area contributed by atoms with Crippen molar-refractivity contribution >= 4 is 34.1 Å². The quantitative estimate of drug-likeness (QED) is 0.611. The van der Waals surface area contributed by atoms with Gasteiger partial charge in [0.15, 0.2) is 4.34 Å². The van der Waals surface area contributed by atoms with Crippen LogP contribution in [0.5, 0.6) is 0 Å². The molecule has 0 fully saturated rings. The van der Waals surface area contributed by atoms with Gasteiger partial charge in [-0.1, -0.05) is 30.0 Å². The van der Waals surface area contributed by atoms with Gasteiger partial charge in [-0.15, -0.1) is 10.2 Å². The van der Waals surface area contributed by atoms with E-state index in [-0.39, 0.29) is 5.91 Å². The molecule has 0 aromatic carbocycles. The van der Waals surface area contributed by atoms with Crippen LogP contribution in [0, 0.1) is 6.92 Å². The molecule has 2 rings (SSSR count). The van der Waals surface area contributed by atoms with Gasteiger partial charge in [0, 0.05) is 24.8 Å². The number of amides is 1.